The molecule has 7 nitrogen and oxygen atoms in total. The van der Waals surface area contributed by atoms with Crippen LogP contribution in [-0.4, -0.2) is 43.5 Å². The largest absolute Gasteiger partial charge is 0.294 e. The van der Waals surface area contributed by atoms with Gasteiger partial charge in [0.15, 0.2) is 0 Å². The second kappa shape index (κ2) is 3.81. The molecule has 14 heavy (non-hydrogen) atoms. The molecule has 0 saturated carbocycles. The molecule has 0 aromatic heterocycles. The fourth-order valence-electron chi connectivity index (χ4n) is 1.11. The molecule has 1 fully saturated rings. The number of carbonyl (C=O) groups excluding carboxylic acids is 1. The van der Waals surface area contributed by atoms with Crippen molar-refractivity contribution < 1.29 is 13.2 Å². The predicted molar refractivity (Wildman–Crippen MR) is 49.8 cm³/mol. The van der Waals surface area contributed by atoms with Crippen LogP contribution in [0.5, 0.6) is 0 Å². The van der Waals surface area contributed by atoms with Crippen LogP contribution in [-0.2, 0) is 15.0 Å². The third-order valence-electron chi connectivity index (χ3n) is 1.56. The third kappa shape index (κ3) is 2.41. The Kier molecular flexibility index (Phi) is 3.10. The summed E-state index contributed by atoms with van der Waals surface area (Å²) < 4.78 is 26.5. The minimum Gasteiger partial charge on any atom is -0.273 e. The lowest BCUT2D eigenvalue weighted by molar-refractivity contribution is -0.119. The highest BCUT2D eigenvalue weighted by molar-refractivity contribution is 7.87. The first-order valence-electron chi connectivity index (χ1n) is 4.16. The summed E-state index contributed by atoms with van der Waals surface area (Å²) in [5.41, 5.74) is 2.35. The predicted octanol–water partition coefficient (Wildman–Crippen LogP) is -1.58. The normalized spacial score (nSPS) is 20.4. The van der Waals surface area contributed by atoms with E-state index in [0.717, 1.165) is 9.53 Å². The molecule has 0 radical (unpaired) electrons. The van der Waals surface area contributed by atoms with Crippen molar-refractivity contribution in [3.05, 3.63) is 0 Å². The minimum atomic E-state index is -3.62. The van der Waals surface area contributed by atoms with Gasteiger partial charge in [-0.05, 0) is 13.8 Å². The maximum atomic E-state index is 11.6. The van der Waals surface area contributed by atoms with E-state index in [-0.39, 0.29) is 18.5 Å². The highest BCUT2D eigenvalue weighted by Gasteiger charge is 2.34. The van der Waals surface area contributed by atoms with E-state index < -0.39 is 10.2 Å². The van der Waals surface area contributed by atoms with E-state index >= 15 is 0 Å². The molecule has 1 heterocycles. The average Bonchev–Trinajstić information content (AvgIpc) is 2.27. The molecule has 82 valence electrons. The van der Waals surface area contributed by atoms with Gasteiger partial charge in [0.25, 0.3) is 16.1 Å². The molecule has 0 spiro atoms. The van der Waals surface area contributed by atoms with Crippen LogP contribution in [0, 0.1) is 0 Å². The van der Waals surface area contributed by atoms with Crippen LogP contribution in [0.3, 0.4) is 0 Å². The first-order chi connectivity index (χ1) is 6.33. The van der Waals surface area contributed by atoms with Gasteiger partial charge in [-0.3, -0.25) is 10.2 Å². The number of hydrazine groups is 2. The molecule has 2 N–H and O–H groups in total. The molecular weight excluding hydrogens is 208 g/mol. The van der Waals surface area contributed by atoms with E-state index in [1.807, 2.05) is 0 Å². The molecule has 1 aliphatic heterocycles. The van der Waals surface area contributed by atoms with Crippen molar-refractivity contribution in [2.45, 2.75) is 19.9 Å². The highest BCUT2D eigenvalue weighted by Crippen LogP contribution is 2.05. The van der Waals surface area contributed by atoms with Crippen LogP contribution >= 0.6 is 0 Å². The monoisotopic (exact) mass is 222 g/mol. The number of amides is 1. The van der Waals surface area contributed by atoms with E-state index in [1.165, 1.54) is 7.05 Å². The van der Waals surface area contributed by atoms with E-state index in [0.29, 0.717) is 0 Å². The highest BCUT2D eigenvalue weighted by atomic mass is 32.2. The number of hydrogen-bond donors (Lipinski definition) is 2. The standard InChI is InChI=1S/C6H14N4O3S/c1-5(2)8-14(12,13)10-4-6(11)7-9(10)3/h5,8H,4H2,1-3H3,(H,7,11). The van der Waals surface area contributed by atoms with Crippen molar-refractivity contribution >= 4 is 16.1 Å². The van der Waals surface area contributed by atoms with Crippen molar-refractivity contribution in [3.8, 4) is 0 Å². The summed E-state index contributed by atoms with van der Waals surface area (Å²) in [6, 6.07) is -0.205. The van der Waals surface area contributed by atoms with E-state index in [1.54, 1.807) is 13.8 Å². The maximum Gasteiger partial charge on any atom is 0.294 e. The zero-order valence-corrected chi connectivity index (χ0v) is 9.13. The van der Waals surface area contributed by atoms with Gasteiger partial charge in [-0.25, -0.2) is 0 Å². The molecule has 0 aliphatic carbocycles. The summed E-state index contributed by atoms with van der Waals surface area (Å²) in [6.07, 6.45) is 0. The first-order valence-corrected chi connectivity index (χ1v) is 5.60. The van der Waals surface area contributed by atoms with Crippen molar-refractivity contribution in [2.75, 3.05) is 13.6 Å². The Balaban J connectivity index is 2.78. The Morgan fingerprint density at radius 1 is 1.50 bits per heavy atom. The quantitative estimate of drug-likeness (QED) is 0.604. The number of nitrogens with one attached hydrogen (secondary N) is 2. The summed E-state index contributed by atoms with van der Waals surface area (Å²) >= 11 is 0. The van der Waals surface area contributed by atoms with Crippen LogP contribution in [0.2, 0.25) is 0 Å². The van der Waals surface area contributed by atoms with Gasteiger partial charge in [0.05, 0.1) is 0 Å². The van der Waals surface area contributed by atoms with E-state index in [4.69, 9.17) is 0 Å². The van der Waals surface area contributed by atoms with Crippen LogP contribution in [0.25, 0.3) is 0 Å². The van der Waals surface area contributed by atoms with Gasteiger partial charge in [0, 0.05) is 13.1 Å². The van der Waals surface area contributed by atoms with Gasteiger partial charge in [-0.2, -0.15) is 13.1 Å². The zero-order chi connectivity index (χ0) is 10.9. The molecule has 0 atom stereocenters. The molecule has 1 amide bonds. The smallest absolute Gasteiger partial charge is 0.273 e. The lowest BCUT2D eigenvalue weighted by atomic mass is 10.4. The van der Waals surface area contributed by atoms with E-state index in [2.05, 4.69) is 10.1 Å². The Hall–Kier alpha value is -0.700. The average molecular weight is 222 g/mol. The molecular formula is C6H14N4O3S. The Morgan fingerprint density at radius 2 is 2.07 bits per heavy atom. The van der Waals surface area contributed by atoms with Crippen molar-refractivity contribution in [1.29, 1.82) is 0 Å². The molecule has 0 bridgehead atoms. The van der Waals surface area contributed by atoms with Gasteiger partial charge in [0.1, 0.15) is 6.54 Å². The van der Waals surface area contributed by atoms with Crippen LogP contribution in [0.15, 0.2) is 0 Å². The van der Waals surface area contributed by atoms with Gasteiger partial charge < -0.3 is 0 Å². The SMILES string of the molecule is CC(C)NS(=O)(=O)N1CC(=O)NN1C. The molecule has 0 aromatic rings. The zero-order valence-electron chi connectivity index (χ0n) is 8.31. The summed E-state index contributed by atoms with van der Waals surface area (Å²) in [7, 11) is -2.15. The first kappa shape index (κ1) is 11.4. The van der Waals surface area contributed by atoms with Gasteiger partial charge >= 0.3 is 0 Å². The maximum absolute atomic E-state index is 11.6. The van der Waals surface area contributed by atoms with Gasteiger partial charge in [0.2, 0.25) is 0 Å². The number of hydrogen-bond acceptors (Lipinski definition) is 4. The summed E-state index contributed by atoms with van der Waals surface area (Å²) in [5.74, 6) is -0.346. The van der Waals surface area contributed by atoms with Gasteiger partial charge in [-0.15, -0.1) is 5.12 Å². The Morgan fingerprint density at radius 3 is 2.43 bits per heavy atom. The second-order valence-corrected chi connectivity index (χ2v) is 4.92. The lowest BCUT2D eigenvalue weighted by Gasteiger charge is -2.22. The topological polar surface area (TPSA) is 81.8 Å². The van der Waals surface area contributed by atoms with Gasteiger partial charge in [-0.1, -0.05) is 4.41 Å². The molecule has 1 rings (SSSR count). The number of rotatable bonds is 3. The number of carbonyl (C=O) groups is 1. The third-order valence-corrected chi connectivity index (χ3v) is 3.26. The fourth-order valence-corrected chi connectivity index (χ4v) is 2.47. The van der Waals surface area contributed by atoms with Crippen molar-refractivity contribution in [2.24, 2.45) is 0 Å². The number of nitrogens with zero attached hydrogens (tertiary/aromatic N) is 2. The summed E-state index contributed by atoms with van der Waals surface area (Å²) in [5, 5.41) is 1.15. The summed E-state index contributed by atoms with van der Waals surface area (Å²) in [4.78, 5) is 10.9. The molecule has 0 aromatic carbocycles. The Bertz CT molecular complexity index is 326. The van der Waals surface area contributed by atoms with E-state index in [9.17, 15) is 13.2 Å². The molecule has 0 unspecified atom stereocenters. The molecule has 1 saturated heterocycles. The molecule has 1 aliphatic rings. The fraction of sp³-hybridized carbons (Fsp3) is 0.833. The lowest BCUT2D eigenvalue weighted by Crippen LogP contribution is -2.49. The Labute approximate surface area is 83.2 Å². The minimum absolute atomic E-state index is 0.182. The van der Waals surface area contributed by atoms with Crippen LogP contribution in [0.4, 0.5) is 0 Å². The molecule has 8 heteroatoms. The second-order valence-electron chi connectivity index (χ2n) is 3.32. The van der Waals surface area contributed by atoms with Crippen LogP contribution in [0.1, 0.15) is 13.8 Å². The van der Waals surface area contributed by atoms with Crippen molar-refractivity contribution in [3.63, 3.8) is 0 Å². The summed E-state index contributed by atoms with van der Waals surface area (Å²) in [6.45, 7) is 3.24. The van der Waals surface area contributed by atoms with Crippen molar-refractivity contribution in [1.82, 2.24) is 19.7 Å². The van der Waals surface area contributed by atoms with Crippen LogP contribution < -0.4 is 10.1 Å².